The third-order valence-electron chi connectivity index (χ3n) is 2.68. The fourth-order valence-electron chi connectivity index (χ4n) is 1.87. The monoisotopic (exact) mass is 202 g/mol. The molecule has 0 unspecified atom stereocenters. The molecule has 1 aliphatic rings. The van der Waals surface area contributed by atoms with Gasteiger partial charge < -0.3 is 4.90 Å². The summed E-state index contributed by atoms with van der Waals surface area (Å²) in [5.74, 6) is 0.646. The zero-order valence-corrected chi connectivity index (χ0v) is 9.12. The molecule has 0 aliphatic heterocycles. The standard InChI is InChI=1S/C11H14N4/c1-15(2)11-13-9-6-4-3-5-8(9)10(7-12)14-11/h3-6H2,1-2H3. The smallest absolute Gasteiger partial charge is 0.226 e. The van der Waals surface area contributed by atoms with Crippen molar-refractivity contribution in [1.29, 1.82) is 5.26 Å². The number of hydrogen-bond donors (Lipinski definition) is 0. The van der Waals surface area contributed by atoms with Gasteiger partial charge in [0, 0.05) is 19.7 Å². The summed E-state index contributed by atoms with van der Waals surface area (Å²) in [7, 11) is 3.79. The molecule has 0 bridgehead atoms. The maximum absolute atomic E-state index is 9.04. The lowest BCUT2D eigenvalue weighted by atomic mass is 9.95. The quantitative estimate of drug-likeness (QED) is 0.688. The molecular formula is C11H14N4. The number of nitrogens with zero attached hydrogens (tertiary/aromatic N) is 4. The van der Waals surface area contributed by atoms with Crippen LogP contribution in [0.2, 0.25) is 0 Å². The van der Waals surface area contributed by atoms with Crippen molar-refractivity contribution in [2.24, 2.45) is 0 Å². The van der Waals surface area contributed by atoms with E-state index in [0.29, 0.717) is 11.6 Å². The Hall–Kier alpha value is -1.63. The van der Waals surface area contributed by atoms with Crippen LogP contribution in [0.3, 0.4) is 0 Å². The van der Waals surface area contributed by atoms with Crippen LogP contribution in [0, 0.1) is 11.3 Å². The molecule has 0 saturated heterocycles. The van der Waals surface area contributed by atoms with Gasteiger partial charge in [0.05, 0.1) is 5.69 Å². The van der Waals surface area contributed by atoms with E-state index in [1.54, 1.807) is 0 Å². The topological polar surface area (TPSA) is 52.8 Å². The summed E-state index contributed by atoms with van der Waals surface area (Å²) in [5, 5.41) is 9.04. The van der Waals surface area contributed by atoms with Crippen molar-refractivity contribution < 1.29 is 0 Å². The number of aromatic nitrogens is 2. The Balaban J connectivity index is 2.54. The Morgan fingerprint density at radius 2 is 1.93 bits per heavy atom. The minimum Gasteiger partial charge on any atom is -0.347 e. The molecule has 1 aromatic rings. The van der Waals surface area contributed by atoms with Crippen molar-refractivity contribution >= 4 is 5.95 Å². The number of rotatable bonds is 1. The molecule has 4 nitrogen and oxygen atoms in total. The lowest BCUT2D eigenvalue weighted by molar-refractivity contribution is 0.659. The first-order valence-corrected chi connectivity index (χ1v) is 5.19. The van der Waals surface area contributed by atoms with Gasteiger partial charge in [0.15, 0.2) is 0 Å². The molecule has 0 atom stereocenters. The first-order chi connectivity index (χ1) is 7.22. The van der Waals surface area contributed by atoms with Gasteiger partial charge >= 0.3 is 0 Å². The first kappa shape index (κ1) is 9.91. The van der Waals surface area contributed by atoms with Crippen molar-refractivity contribution in [2.45, 2.75) is 25.7 Å². The van der Waals surface area contributed by atoms with E-state index in [0.717, 1.165) is 30.5 Å². The predicted octanol–water partition coefficient (Wildman–Crippen LogP) is 1.29. The molecule has 2 rings (SSSR count). The molecule has 4 heteroatoms. The molecule has 0 fully saturated rings. The van der Waals surface area contributed by atoms with Gasteiger partial charge in [-0.2, -0.15) is 5.26 Å². The van der Waals surface area contributed by atoms with Crippen molar-refractivity contribution in [3.05, 3.63) is 17.0 Å². The Morgan fingerprint density at radius 1 is 1.20 bits per heavy atom. The van der Waals surface area contributed by atoms with Gasteiger partial charge in [-0.3, -0.25) is 0 Å². The Bertz CT molecular complexity index is 417. The third kappa shape index (κ3) is 1.78. The second kappa shape index (κ2) is 3.85. The number of anilines is 1. The van der Waals surface area contributed by atoms with Crippen LogP contribution in [0.5, 0.6) is 0 Å². The van der Waals surface area contributed by atoms with E-state index in [1.807, 2.05) is 19.0 Å². The second-order valence-electron chi connectivity index (χ2n) is 4.01. The minimum atomic E-state index is 0.559. The number of nitriles is 1. The zero-order valence-electron chi connectivity index (χ0n) is 9.12. The summed E-state index contributed by atoms with van der Waals surface area (Å²) in [6.45, 7) is 0. The molecular weight excluding hydrogens is 188 g/mol. The summed E-state index contributed by atoms with van der Waals surface area (Å²) >= 11 is 0. The molecule has 15 heavy (non-hydrogen) atoms. The zero-order chi connectivity index (χ0) is 10.8. The Labute approximate surface area is 89.6 Å². The number of hydrogen-bond acceptors (Lipinski definition) is 4. The lowest BCUT2D eigenvalue weighted by Crippen LogP contribution is -2.18. The predicted molar refractivity (Wildman–Crippen MR) is 57.7 cm³/mol. The third-order valence-corrected chi connectivity index (χ3v) is 2.68. The van der Waals surface area contributed by atoms with Crippen LogP contribution < -0.4 is 4.90 Å². The fourth-order valence-corrected chi connectivity index (χ4v) is 1.87. The maximum Gasteiger partial charge on any atom is 0.226 e. The highest BCUT2D eigenvalue weighted by Gasteiger charge is 2.17. The molecule has 1 aromatic heterocycles. The van der Waals surface area contributed by atoms with Crippen LogP contribution in [-0.4, -0.2) is 24.1 Å². The Morgan fingerprint density at radius 3 is 2.60 bits per heavy atom. The molecule has 78 valence electrons. The second-order valence-corrected chi connectivity index (χ2v) is 4.01. The highest BCUT2D eigenvalue weighted by atomic mass is 15.2. The summed E-state index contributed by atoms with van der Waals surface area (Å²) in [6.07, 6.45) is 4.24. The molecule has 0 radical (unpaired) electrons. The van der Waals surface area contributed by atoms with Gasteiger partial charge in [0.1, 0.15) is 11.8 Å². The minimum absolute atomic E-state index is 0.559. The first-order valence-electron chi connectivity index (χ1n) is 5.19. The summed E-state index contributed by atoms with van der Waals surface area (Å²) in [4.78, 5) is 10.6. The van der Waals surface area contributed by atoms with Crippen LogP contribution in [-0.2, 0) is 12.8 Å². The molecule has 0 N–H and O–H groups in total. The Kier molecular flexibility index (Phi) is 2.55. The van der Waals surface area contributed by atoms with Crippen LogP contribution in [0.4, 0.5) is 5.95 Å². The van der Waals surface area contributed by atoms with Gasteiger partial charge in [0.2, 0.25) is 5.95 Å². The lowest BCUT2D eigenvalue weighted by Gasteiger charge is -2.18. The summed E-state index contributed by atoms with van der Waals surface area (Å²) in [5.41, 5.74) is 2.69. The van der Waals surface area contributed by atoms with Crippen LogP contribution in [0.1, 0.15) is 29.8 Å². The highest BCUT2D eigenvalue weighted by Crippen LogP contribution is 2.23. The van der Waals surface area contributed by atoms with Crippen molar-refractivity contribution in [2.75, 3.05) is 19.0 Å². The van der Waals surface area contributed by atoms with E-state index in [9.17, 15) is 0 Å². The number of fused-ring (bicyclic) bond motifs is 1. The molecule has 1 aliphatic carbocycles. The van der Waals surface area contributed by atoms with Crippen molar-refractivity contribution in [3.63, 3.8) is 0 Å². The van der Waals surface area contributed by atoms with Crippen LogP contribution in [0.25, 0.3) is 0 Å². The molecule has 0 aromatic carbocycles. The van der Waals surface area contributed by atoms with Crippen molar-refractivity contribution in [3.8, 4) is 6.07 Å². The van der Waals surface area contributed by atoms with Gasteiger partial charge in [-0.05, 0) is 25.7 Å². The van der Waals surface area contributed by atoms with E-state index in [-0.39, 0.29) is 0 Å². The maximum atomic E-state index is 9.04. The van der Waals surface area contributed by atoms with E-state index in [1.165, 1.54) is 6.42 Å². The normalized spacial score (nSPS) is 14.2. The average Bonchev–Trinajstić information content (AvgIpc) is 2.27. The van der Waals surface area contributed by atoms with Gasteiger partial charge in [0.25, 0.3) is 0 Å². The van der Waals surface area contributed by atoms with Crippen LogP contribution >= 0.6 is 0 Å². The van der Waals surface area contributed by atoms with Crippen LogP contribution in [0.15, 0.2) is 0 Å². The molecule has 1 heterocycles. The molecule has 0 spiro atoms. The SMILES string of the molecule is CN(C)c1nc(C#N)c2c(n1)CCCC2. The van der Waals surface area contributed by atoms with Gasteiger partial charge in [-0.15, -0.1) is 0 Å². The highest BCUT2D eigenvalue weighted by molar-refractivity contribution is 5.42. The van der Waals surface area contributed by atoms with Crippen molar-refractivity contribution in [1.82, 2.24) is 9.97 Å². The van der Waals surface area contributed by atoms with E-state index in [4.69, 9.17) is 5.26 Å². The van der Waals surface area contributed by atoms with E-state index >= 15 is 0 Å². The number of aryl methyl sites for hydroxylation is 1. The average molecular weight is 202 g/mol. The van der Waals surface area contributed by atoms with E-state index < -0.39 is 0 Å². The van der Waals surface area contributed by atoms with E-state index in [2.05, 4.69) is 16.0 Å². The summed E-state index contributed by atoms with van der Waals surface area (Å²) in [6, 6.07) is 2.17. The van der Waals surface area contributed by atoms with Gasteiger partial charge in [-0.25, -0.2) is 9.97 Å². The summed E-state index contributed by atoms with van der Waals surface area (Å²) < 4.78 is 0. The van der Waals surface area contributed by atoms with Gasteiger partial charge in [-0.1, -0.05) is 0 Å². The molecule has 0 saturated carbocycles. The molecule has 0 amide bonds. The fraction of sp³-hybridized carbons (Fsp3) is 0.545. The largest absolute Gasteiger partial charge is 0.347 e.